The number of nitrogens with one attached hydrogen (secondary N) is 1. The van der Waals surface area contributed by atoms with Gasteiger partial charge in [0.15, 0.2) is 0 Å². The van der Waals surface area contributed by atoms with Crippen molar-refractivity contribution in [3.8, 4) is 0 Å². The van der Waals surface area contributed by atoms with Gasteiger partial charge in [0.2, 0.25) is 0 Å². The van der Waals surface area contributed by atoms with Gasteiger partial charge in [-0.05, 0) is 68.3 Å². The lowest BCUT2D eigenvalue weighted by Gasteiger charge is -2.32. The summed E-state index contributed by atoms with van der Waals surface area (Å²) >= 11 is 6.41. The molecule has 0 radical (unpaired) electrons. The van der Waals surface area contributed by atoms with Crippen LogP contribution in [0.25, 0.3) is 5.57 Å². The van der Waals surface area contributed by atoms with E-state index in [2.05, 4.69) is 29.6 Å². The van der Waals surface area contributed by atoms with Gasteiger partial charge in [-0.1, -0.05) is 23.8 Å². The van der Waals surface area contributed by atoms with Crippen molar-refractivity contribution in [2.75, 3.05) is 13.1 Å². The minimum Gasteiger partial charge on any atom is -0.316 e. The highest BCUT2D eigenvalue weighted by molar-refractivity contribution is 6.21. The van der Waals surface area contributed by atoms with Gasteiger partial charge >= 0.3 is 0 Å². The number of pyridine rings is 1. The van der Waals surface area contributed by atoms with Crippen LogP contribution in [0.4, 0.5) is 0 Å². The molecule has 0 amide bonds. The van der Waals surface area contributed by atoms with Gasteiger partial charge < -0.3 is 5.32 Å². The van der Waals surface area contributed by atoms with Crippen molar-refractivity contribution in [2.45, 2.75) is 37.5 Å². The zero-order valence-electron chi connectivity index (χ0n) is 12.9. The first-order chi connectivity index (χ1) is 10.8. The number of hydrogen-bond donors (Lipinski definition) is 1. The van der Waals surface area contributed by atoms with Crippen LogP contribution >= 0.6 is 11.6 Å². The predicted octanol–water partition coefficient (Wildman–Crippen LogP) is 3.96. The van der Waals surface area contributed by atoms with E-state index in [0.29, 0.717) is 11.8 Å². The molecule has 4 rings (SSSR count). The third-order valence-electron chi connectivity index (χ3n) is 5.42. The van der Waals surface area contributed by atoms with Gasteiger partial charge in [-0.15, -0.1) is 11.6 Å². The number of nitrogens with zero attached hydrogens (tertiary/aromatic N) is 1. The molecule has 2 heterocycles. The van der Waals surface area contributed by atoms with Gasteiger partial charge in [0, 0.05) is 12.1 Å². The van der Waals surface area contributed by atoms with Crippen molar-refractivity contribution < 1.29 is 0 Å². The molecule has 0 bridgehead atoms. The molecule has 3 heteroatoms. The number of rotatable bonds is 0. The zero-order valence-corrected chi connectivity index (χ0v) is 13.6. The molecule has 116 valence electrons. The van der Waals surface area contributed by atoms with E-state index in [-0.39, 0.29) is 5.38 Å². The van der Waals surface area contributed by atoms with Crippen LogP contribution in [0.1, 0.15) is 36.9 Å². The number of hydrogen-bond acceptors (Lipinski definition) is 2. The summed E-state index contributed by atoms with van der Waals surface area (Å²) in [7, 11) is 0. The van der Waals surface area contributed by atoms with Crippen molar-refractivity contribution in [1.29, 1.82) is 0 Å². The summed E-state index contributed by atoms with van der Waals surface area (Å²) in [6, 6.07) is 4.35. The highest BCUT2D eigenvalue weighted by Crippen LogP contribution is 2.45. The van der Waals surface area contributed by atoms with Crippen LogP contribution in [0.15, 0.2) is 36.1 Å². The third-order valence-corrected chi connectivity index (χ3v) is 5.74. The van der Waals surface area contributed by atoms with Crippen LogP contribution in [-0.2, 0) is 6.42 Å². The Hall–Kier alpha value is -1.12. The smallest absolute Gasteiger partial charge is 0.0699 e. The molecular formula is C19H23ClN2. The van der Waals surface area contributed by atoms with E-state index < -0.39 is 0 Å². The highest BCUT2D eigenvalue weighted by atomic mass is 35.5. The lowest BCUT2D eigenvalue weighted by molar-refractivity contribution is 0.395. The SMILES string of the molecule is ClC1C=CC2C(=C3CCNCC3)c3ncccc3CCC2C1. The standard InChI is InChI=1S/C19H23ClN2/c20-16-5-6-17-15(12-16)4-3-14-2-1-9-22-19(14)18(17)13-7-10-21-11-8-13/h1-2,5-6,9,15-17,21H,3-4,7-8,10-12H2. The van der Waals surface area contributed by atoms with Crippen LogP contribution in [-0.4, -0.2) is 23.5 Å². The van der Waals surface area contributed by atoms with Gasteiger partial charge in [0.05, 0.1) is 11.1 Å². The Balaban J connectivity index is 1.86. The van der Waals surface area contributed by atoms with Gasteiger partial charge in [0.25, 0.3) is 0 Å². The number of aryl methyl sites for hydroxylation is 1. The van der Waals surface area contributed by atoms with Crippen molar-refractivity contribution in [2.24, 2.45) is 11.8 Å². The summed E-state index contributed by atoms with van der Waals surface area (Å²) in [4.78, 5) is 4.80. The second-order valence-electron chi connectivity index (χ2n) is 6.74. The van der Waals surface area contributed by atoms with Crippen molar-refractivity contribution in [1.82, 2.24) is 10.3 Å². The molecule has 3 aliphatic rings. The normalized spacial score (nSPS) is 31.4. The summed E-state index contributed by atoms with van der Waals surface area (Å²) in [5.41, 5.74) is 5.84. The molecule has 3 unspecified atom stereocenters. The molecule has 1 saturated heterocycles. The minimum absolute atomic E-state index is 0.203. The van der Waals surface area contributed by atoms with E-state index in [0.717, 1.165) is 38.8 Å². The number of allylic oxidation sites excluding steroid dienone is 3. The summed E-state index contributed by atoms with van der Waals surface area (Å²) < 4.78 is 0. The third kappa shape index (κ3) is 2.63. The predicted molar refractivity (Wildman–Crippen MR) is 92.0 cm³/mol. The van der Waals surface area contributed by atoms with Crippen molar-refractivity contribution in [3.63, 3.8) is 0 Å². The molecule has 1 aromatic heterocycles. The monoisotopic (exact) mass is 314 g/mol. The van der Waals surface area contributed by atoms with E-state index >= 15 is 0 Å². The maximum Gasteiger partial charge on any atom is 0.0699 e. The van der Waals surface area contributed by atoms with E-state index in [4.69, 9.17) is 16.6 Å². The van der Waals surface area contributed by atoms with Crippen LogP contribution in [0.5, 0.6) is 0 Å². The van der Waals surface area contributed by atoms with Gasteiger partial charge in [-0.3, -0.25) is 4.98 Å². The fraction of sp³-hybridized carbons (Fsp3) is 0.526. The molecule has 1 aromatic rings. The molecule has 2 aliphatic carbocycles. The fourth-order valence-corrected chi connectivity index (χ4v) is 4.64. The first-order valence-electron chi connectivity index (χ1n) is 8.52. The van der Waals surface area contributed by atoms with Gasteiger partial charge in [-0.2, -0.15) is 0 Å². The van der Waals surface area contributed by atoms with Crippen LogP contribution < -0.4 is 5.32 Å². The number of piperidine rings is 1. The molecule has 0 aromatic carbocycles. The highest BCUT2D eigenvalue weighted by Gasteiger charge is 2.34. The average Bonchev–Trinajstić information content (AvgIpc) is 2.72. The topological polar surface area (TPSA) is 24.9 Å². The molecule has 0 spiro atoms. The number of halogens is 1. The first kappa shape index (κ1) is 14.5. The van der Waals surface area contributed by atoms with Crippen molar-refractivity contribution >= 4 is 17.2 Å². The molecule has 3 atom stereocenters. The Morgan fingerprint density at radius 2 is 2.00 bits per heavy atom. The minimum atomic E-state index is 0.203. The Labute approximate surface area is 137 Å². The van der Waals surface area contributed by atoms with E-state index in [9.17, 15) is 0 Å². The summed E-state index contributed by atoms with van der Waals surface area (Å²) in [5.74, 6) is 1.18. The summed E-state index contributed by atoms with van der Waals surface area (Å²) in [6.07, 6.45) is 12.3. The van der Waals surface area contributed by atoms with E-state index in [1.165, 1.54) is 23.3 Å². The second-order valence-corrected chi connectivity index (χ2v) is 7.30. The molecule has 2 nitrogen and oxygen atoms in total. The lowest BCUT2D eigenvalue weighted by Crippen LogP contribution is -2.27. The van der Waals surface area contributed by atoms with Crippen molar-refractivity contribution in [3.05, 3.63) is 47.3 Å². The van der Waals surface area contributed by atoms with Gasteiger partial charge in [-0.25, -0.2) is 0 Å². The molecule has 1 aliphatic heterocycles. The fourth-order valence-electron chi connectivity index (χ4n) is 4.32. The largest absolute Gasteiger partial charge is 0.316 e. The Morgan fingerprint density at radius 1 is 1.14 bits per heavy atom. The average molecular weight is 315 g/mol. The summed E-state index contributed by atoms with van der Waals surface area (Å²) in [5, 5.41) is 3.68. The maximum atomic E-state index is 6.41. The van der Waals surface area contributed by atoms with E-state index in [1.54, 1.807) is 5.57 Å². The van der Waals surface area contributed by atoms with Gasteiger partial charge in [0.1, 0.15) is 0 Å². The van der Waals surface area contributed by atoms with Crippen LogP contribution in [0.2, 0.25) is 0 Å². The maximum absolute atomic E-state index is 6.41. The molecule has 1 fully saturated rings. The molecule has 0 saturated carbocycles. The number of alkyl halides is 1. The number of fused-ring (bicyclic) bond motifs is 2. The Morgan fingerprint density at radius 3 is 2.86 bits per heavy atom. The molecule has 22 heavy (non-hydrogen) atoms. The Kier molecular flexibility index (Phi) is 4.06. The molecule has 1 N–H and O–H groups in total. The van der Waals surface area contributed by atoms with Crippen LogP contribution in [0.3, 0.4) is 0 Å². The lowest BCUT2D eigenvalue weighted by atomic mass is 9.75. The summed E-state index contributed by atoms with van der Waals surface area (Å²) in [6.45, 7) is 2.19. The molecular weight excluding hydrogens is 292 g/mol. The van der Waals surface area contributed by atoms with Crippen LogP contribution in [0, 0.1) is 11.8 Å². The van der Waals surface area contributed by atoms with E-state index in [1.807, 2.05) is 6.20 Å². The second kappa shape index (κ2) is 6.17. The first-order valence-corrected chi connectivity index (χ1v) is 8.96. The quantitative estimate of drug-likeness (QED) is 0.579. The Bertz CT molecular complexity index is 612. The number of aromatic nitrogens is 1. The zero-order chi connectivity index (χ0) is 14.9.